The Kier molecular flexibility index (Phi) is 4.05. The highest BCUT2D eigenvalue weighted by molar-refractivity contribution is 6.39. The van der Waals surface area contributed by atoms with Crippen LogP contribution in [0.5, 0.6) is 0 Å². The molecule has 2 aliphatic rings. The van der Waals surface area contributed by atoms with Gasteiger partial charge in [0.2, 0.25) is 0 Å². The molecule has 2 N–H and O–H groups in total. The van der Waals surface area contributed by atoms with E-state index in [1.165, 1.54) is 6.42 Å². The van der Waals surface area contributed by atoms with Gasteiger partial charge in [0, 0.05) is 12.2 Å². The summed E-state index contributed by atoms with van der Waals surface area (Å²) in [5, 5.41) is 12.9. The highest BCUT2D eigenvalue weighted by Gasteiger charge is 2.35. The van der Waals surface area contributed by atoms with Crippen LogP contribution in [0.25, 0.3) is 5.69 Å². The summed E-state index contributed by atoms with van der Waals surface area (Å²) >= 11 is 0. The van der Waals surface area contributed by atoms with Crippen LogP contribution >= 0.6 is 0 Å². The lowest BCUT2D eigenvalue weighted by molar-refractivity contribution is -0.136. The van der Waals surface area contributed by atoms with Gasteiger partial charge in [-0.2, -0.15) is 0 Å². The first-order valence-electron chi connectivity index (χ1n) is 8.41. The predicted molar refractivity (Wildman–Crippen MR) is 91.8 cm³/mol. The van der Waals surface area contributed by atoms with E-state index in [9.17, 15) is 9.59 Å². The number of hydrogen-bond acceptors (Lipinski definition) is 4. The molecule has 0 radical (unpaired) electrons. The highest BCUT2D eigenvalue weighted by Crippen LogP contribution is 2.42. The Morgan fingerprint density at radius 2 is 1.96 bits per heavy atom. The van der Waals surface area contributed by atoms with Crippen molar-refractivity contribution < 1.29 is 9.59 Å². The normalized spacial score (nSPS) is 23.6. The van der Waals surface area contributed by atoms with Crippen LogP contribution in [0.2, 0.25) is 0 Å². The second-order valence-corrected chi connectivity index (χ2v) is 6.62. The number of nitrogens with zero attached hydrogens (tertiary/aromatic N) is 3. The summed E-state index contributed by atoms with van der Waals surface area (Å²) in [5.74, 6) is 0.403. The predicted octanol–water partition coefficient (Wildman–Crippen LogP) is 1.53. The topological polar surface area (TPSA) is 88.9 Å². The van der Waals surface area contributed by atoms with Crippen molar-refractivity contribution in [3.05, 3.63) is 49.1 Å². The Morgan fingerprint density at radius 1 is 1.12 bits per heavy atom. The maximum absolute atomic E-state index is 12.1. The van der Waals surface area contributed by atoms with Crippen LogP contribution in [0.15, 0.2) is 49.1 Å². The zero-order chi connectivity index (χ0) is 17.2. The monoisotopic (exact) mass is 337 g/mol. The lowest BCUT2D eigenvalue weighted by Crippen LogP contribution is -2.38. The van der Waals surface area contributed by atoms with Crippen LogP contribution in [0, 0.1) is 17.8 Å². The molecule has 0 spiro atoms. The molecule has 7 heteroatoms. The molecule has 4 rings (SSSR count). The number of nitrogens with one attached hydrogen (secondary N) is 2. The molecule has 0 unspecified atom stereocenters. The molecule has 2 aromatic rings. The van der Waals surface area contributed by atoms with Gasteiger partial charge in [0.1, 0.15) is 12.7 Å². The summed E-state index contributed by atoms with van der Waals surface area (Å²) in [6, 6.07) is 7.15. The van der Waals surface area contributed by atoms with E-state index in [-0.39, 0.29) is 0 Å². The van der Waals surface area contributed by atoms with E-state index in [1.54, 1.807) is 35.4 Å². The van der Waals surface area contributed by atoms with Gasteiger partial charge in [0.25, 0.3) is 0 Å². The Bertz CT molecular complexity index is 815. The summed E-state index contributed by atoms with van der Waals surface area (Å²) in [4.78, 5) is 24.2. The molecule has 2 amide bonds. The van der Waals surface area contributed by atoms with Crippen molar-refractivity contribution in [3.8, 4) is 5.69 Å². The fraction of sp³-hybridized carbons (Fsp3) is 0.333. The minimum atomic E-state index is -0.653. The van der Waals surface area contributed by atoms with Crippen LogP contribution in [-0.2, 0) is 9.59 Å². The van der Waals surface area contributed by atoms with Gasteiger partial charge < -0.3 is 10.6 Å². The molecule has 7 nitrogen and oxygen atoms in total. The summed E-state index contributed by atoms with van der Waals surface area (Å²) in [6.07, 6.45) is 9.92. The van der Waals surface area contributed by atoms with Gasteiger partial charge in [-0.3, -0.25) is 14.2 Å². The zero-order valence-corrected chi connectivity index (χ0v) is 13.6. The first-order chi connectivity index (χ1) is 12.2. The van der Waals surface area contributed by atoms with E-state index in [0.29, 0.717) is 30.0 Å². The number of carbonyl (C=O) groups excluding carboxylic acids is 2. The number of benzene rings is 1. The molecule has 3 atom stereocenters. The van der Waals surface area contributed by atoms with E-state index in [0.717, 1.165) is 12.1 Å². The molecular formula is C18H19N5O2. The largest absolute Gasteiger partial charge is 0.348 e. The first-order valence-corrected chi connectivity index (χ1v) is 8.41. The molecule has 1 heterocycles. The quantitative estimate of drug-likeness (QED) is 0.654. The Morgan fingerprint density at radius 3 is 2.68 bits per heavy atom. The van der Waals surface area contributed by atoms with Gasteiger partial charge in [-0.15, -0.1) is 10.2 Å². The van der Waals surface area contributed by atoms with Crippen LogP contribution in [-0.4, -0.2) is 33.1 Å². The fourth-order valence-electron chi connectivity index (χ4n) is 3.70. The SMILES string of the molecule is O=C(NC[C@@H]1C[C@H]2C=C[C@H]1C2)C(=O)Nc1cccc(-n2cnnc2)c1. The number of amides is 2. The van der Waals surface area contributed by atoms with Crippen molar-refractivity contribution in [1.82, 2.24) is 20.1 Å². The summed E-state index contributed by atoms with van der Waals surface area (Å²) in [6.45, 7) is 0.554. The molecule has 0 aliphatic heterocycles. The van der Waals surface area contributed by atoms with Crippen molar-refractivity contribution in [2.45, 2.75) is 12.8 Å². The van der Waals surface area contributed by atoms with Gasteiger partial charge in [-0.25, -0.2) is 0 Å². The van der Waals surface area contributed by atoms with E-state index >= 15 is 0 Å². The molecule has 1 aromatic carbocycles. The summed E-state index contributed by atoms with van der Waals surface area (Å²) < 4.78 is 1.72. The van der Waals surface area contributed by atoms with Gasteiger partial charge in [0.05, 0.1) is 5.69 Å². The molecule has 1 fully saturated rings. The molecule has 2 bridgehead atoms. The van der Waals surface area contributed by atoms with Crippen LogP contribution in [0.3, 0.4) is 0 Å². The summed E-state index contributed by atoms with van der Waals surface area (Å²) in [7, 11) is 0. The minimum Gasteiger partial charge on any atom is -0.348 e. The van der Waals surface area contributed by atoms with Gasteiger partial charge in [0.15, 0.2) is 0 Å². The van der Waals surface area contributed by atoms with Crippen LogP contribution in [0.1, 0.15) is 12.8 Å². The lowest BCUT2D eigenvalue weighted by atomic mass is 9.94. The van der Waals surface area contributed by atoms with E-state index < -0.39 is 11.8 Å². The summed E-state index contributed by atoms with van der Waals surface area (Å²) in [5.41, 5.74) is 1.35. The number of allylic oxidation sites excluding steroid dienone is 2. The maximum Gasteiger partial charge on any atom is 0.313 e. The maximum atomic E-state index is 12.1. The van der Waals surface area contributed by atoms with E-state index in [4.69, 9.17) is 0 Å². The molecule has 25 heavy (non-hydrogen) atoms. The number of aromatic nitrogens is 3. The molecule has 1 aromatic heterocycles. The number of carbonyl (C=O) groups is 2. The third-order valence-corrected chi connectivity index (χ3v) is 4.97. The number of fused-ring (bicyclic) bond motifs is 2. The second-order valence-electron chi connectivity index (χ2n) is 6.62. The van der Waals surface area contributed by atoms with Crippen molar-refractivity contribution >= 4 is 17.5 Å². The van der Waals surface area contributed by atoms with Crippen molar-refractivity contribution in [2.24, 2.45) is 17.8 Å². The lowest BCUT2D eigenvalue weighted by Gasteiger charge is -2.18. The molecule has 128 valence electrons. The average molecular weight is 337 g/mol. The second kappa shape index (κ2) is 6.51. The van der Waals surface area contributed by atoms with Gasteiger partial charge in [-0.1, -0.05) is 18.2 Å². The van der Waals surface area contributed by atoms with Gasteiger partial charge in [-0.05, 0) is 48.8 Å². The molecule has 1 saturated carbocycles. The van der Waals surface area contributed by atoms with E-state index in [2.05, 4.69) is 33.0 Å². The zero-order valence-electron chi connectivity index (χ0n) is 13.6. The highest BCUT2D eigenvalue weighted by atomic mass is 16.2. The van der Waals surface area contributed by atoms with Crippen LogP contribution < -0.4 is 10.6 Å². The van der Waals surface area contributed by atoms with Crippen molar-refractivity contribution in [3.63, 3.8) is 0 Å². The van der Waals surface area contributed by atoms with E-state index in [1.807, 2.05) is 6.07 Å². The van der Waals surface area contributed by atoms with Crippen molar-refractivity contribution in [1.29, 1.82) is 0 Å². The molecular weight excluding hydrogens is 318 g/mol. The average Bonchev–Trinajstić information content (AvgIpc) is 3.37. The number of hydrogen-bond donors (Lipinski definition) is 2. The van der Waals surface area contributed by atoms with Crippen molar-refractivity contribution in [2.75, 3.05) is 11.9 Å². The fourth-order valence-corrected chi connectivity index (χ4v) is 3.70. The van der Waals surface area contributed by atoms with Gasteiger partial charge >= 0.3 is 11.8 Å². The smallest absolute Gasteiger partial charge is 0.313 e. The first kappa shape index (κ1) is 15.6. The third kappa shape index (κ3) is 3.31. The Balaban J connectivity index is 1.33. The number of anilines is 1. The number of rotatable bonds is 4. The Hall–Kier alpha value is -2.96. The molecule has 0 saturated heterocycles. The van der Waals surface area contributed by atoms with Crippen LogP contribution in [0.4, 0.5) is 5.69 Å². The standard InChI is InChI=1S/C18H19N5O2/c24-17(19-9-14-7-12-4-5-13(14)6-12)18(25)22-15-2-1-3-16(8-15)23-10-20-21-11-23/h1-5,8,10-14H,6-7,9H2,(H,19,24)(H,22,25)/t12-,13-,14-/m0/s1. The minimum absolute atomic E-state index is 0.448. The Labute approximate surface area is 145 Å². The third-order valence-electron chi connectivity index (χ3n) is 4.97. The molecule has 2 aliphatic carbocycles.